The van der Waals surface area contributed by atoms with Gasteiger partial charge in [-0.2, -0.15) is 0 Å². The summed E-state index contributed by atoms with van der Waals surface area (Å²) in [5.41, 5.74) is 0.968. The zero-order valence-corrected chi connectivity index (χ0v) is 20.4. The van der Waals surface area contributed by atoms with E-state index in [2.05, 4.69) is 20.9 Å². The number of aliphatic imine (C=N–C) groups is 1. The second kappa shape index (κ2) is 11.2. The second-order valence-electron chi connectivity index (χ2n) is 9.61. The average molecular weight is 446 g/mol. The maximum atomic E-state index is 12.7. The summed E-state index contributed by atoms with van der Waals surface area (Å²) in [6, 6.07) is 7.69. The van der Waals surface area contributed by atoms with Crippen LogP contribution in [0.15, 0.2) is 29.3 Å². The van der Waals surface area contributed by atoms with Gasteiger partial charge in [0.15, 0.2) is 5.96 Å². The lowest BCUT2D eigenvalue weighted by Crippen LogP contribution is -2.49. The molecule has 1 aromatic rings. The third-order valence-electron chi connectivity index (χ3n) is 5.54. The Morgan fingerprint density at radius 3 is 2.25 bits per heavy atom. The Bertz CT molecular complexity index is 791. The van der Waals surface area contributed by atoms with E-state index in [9.17, 15) is 9.59 Å². The van der Waals surface area contributed by atoms with Crippen LogP contribution in [0, 0.1) is 5.41 Å². The van der Waals surface area contributed by atoms with E-state index < -0.39 is 11.7 Å². The monoisotopic (exact) mass is 445 g/mol. The molecule has 1 aromatic carbocycles. The van der Waals surface area contributed by atoms with Gasteiger partial charge in [-0.1, -0.05) is 25.0 Å². The summed E-state index contributed by atoms with van der Waals surface area (Å²) in [5, 5.41) is 9.41. The first-order valence-corrected chi connectivity index (χ1v) is 11.3. The number of ether oxygens (including phenoxy) is 1. The van der Waals surface area contributed by atoms with Crippen LogP contribution in [0.25, 0.3) is 0 Å². The van der Waals surface area contributed by atoms with Crippen LogP contribution in [-0.4, -0.2) is 62.7 Å². The minimum absolute atomic E-state index is 0.193. The predicted molar refractivity (Wildman–Crippen MR) is 129 cm³/mol. The number of benzene rings is 1. The maximum Gasteiger partial charge on any atom is 0.412 e. The fourth-order valence-electron chi connectivity index (χ4n) is 3.97. The standard InChI is InChI=1S/C24H39N5O3/c1-23(2,3)32-22(31)28-19-11-9-18(10-12-19)13-16-26-21(25-4)27-17-24(14-7-8-15-24)20(30)29(5)6/h9-12H,7-8,13-17H2,1-6H3,(H,28,31)(H2,25,26,27). The molecule has 178 valence electrons. The van der Waals surface area contributed by atoms with Crippen molar-refractivity contribution in [3.05, 3.63) is 29.8 Å². The summed E-state index contributed by atoms with van der Waals surface area (Å²) in [7, 11) is 5.38. The lowest BCUT2D eigenvalue weighted by molar-refractivity contribution is -0.138. The molecule has 3 N–H and O–H groups in total. The topological polar surface area (TPSA) is 95.1 Å². The van der Waals surface area contributed by atoms with Gasteiger partial charge in [-0.3, -0.25) is 15.1 Å². The van der Waals surface area contributed by atoms with Crippen molar-refractivity contribution in [2.24, 2.45) is 10.4 Å². The van der Waals surface area contributed by atoms with Crippen LogP contribution in [0.1, 0.15) is 52.0 Å². The van der Waals surface area contributed by atoms with Crippen LogP contribution in [0.2, 0.25) is 0 Å². The number of hydrogen-bond acceptors (Lipinski definition) is 4. The molecule has 1 aliphatic rings. The SMILES string of the molecule is CN=C(NCCc1ccc(NC(=O)OC(C)(C)C)cc1)NCC1(C(=O)N(C)C)CCCC1. The maximum absolute atomic E-state index is 12.7. The number of anilines is 1. The Balaban J connectivity index is 1.80. The summed E-state index contributed by atoms with van der Waals surface area (Å²) >= 11 is 0. The molecule has 0 aromatic heterocycles. The van der Waals surface area contributed by atoms with Gasteiger partial charge in [0.2, 0.25) is 5.91 Å². The molecule has 1 saturated carbocycles. The fourth-order valence-corrected chi connectivity index (χ4v) is 3.97. The first-order chi connectivity index (χ1) is 15.0. The molecule has 8 nitrogen and oxygen atoms in total. The van der Waals surface area contributed by atoms with Crippen LogP contribution >= 0.6 is 0 Å². The Kier molecular flexibility index (Phi) is 8.92. The van der Waals surface area contributed by atoms with Crippen LogP contribution < -0.4 is 16.0 Å². The highest BCUT2D eigenvalue weighted by molar-refractivity contribution is 5.85. The average Bonchev–Trinajstić information content (AvgIpc) is 3.19. The van der Waals surface area contributed by atoms with Crippen molar-refractivity contribution in [3.63, 3.8) is 0 Å². The molecule has 0 atom stereocenters. The van der Waals surface area contributed by atoms with Gasteiger partial charge in [0.05, 0.1) is 5.41 Å². The van der Waals surface area contributed by atoms with E-state index in [0.717, 1.165) is 37.7 Å². The minimum atomic E-state index is -0.528. The fraction of sp³-hybridized carbons (Fsp3) is 0.625. The summed E-state index contributed by atoms with van der Waals surface area (Å²) in [6.07, 6.45) is 4.34. The van der Waals surface area contributed by atoms with Gasteiger partial charge in [0, 0.05) is 39.9 Å². The van der Waals surface area contributed by atoms with E-state index >= 15 is 0 Å². The van der Waals surface area contributed by atoms with Crippen molar-refractivity contribution in [1.29, 1.82) is 0 Å². The summed E-state index contributed by atoms with van der Waals surface area (Å²) < 4.78 is 5.27. The number of rotatable bonds is 7. The van der Waals surface area contributed by atoms with Crippen molar-refractivity contribution >= 4 is 23.6 Å². The lowest BCUT2D eigenvalue weighted by atomic mass is 9.84. The number of guanidine groups is 1. The molecule has 0 spiro atoms. The molecule has 0 unspecified atom stereocenters. The van der Waals surface area contributed by atoms with Gasteiger partial charge in [0.25, 0.3) is 0 Å². The van der Waals surface area contributed by atoms with Crippen molar-refractivity contribution in [3.8, 4) is 0 Å². The molecule has 32 heavy (non-hydrogen) atoms. The smallest absolute Gasteiger partial charge is 0.412 e. The zero-order valence-electron chi connectivity index (χ0n) is 20.4. The largest absolute Gasteiger partial charge is 0.444 e. The van der Waals surface area contributed by atoms with Crippen molar-refractivity contribution < 1.29 is 14.3 Å². The predicted octanol–water partition coefficient (Wildman–Crippen LogP) is 3.39. The molecule has 1 aliphatic carbocycles. The molecule has 2 rings (SSSR count). The van der Waals surface area contributed by atoms with Gasteiger partial charge in [0.1, 0.15) is 5.60 Å². The number of amides is 2. The molecule has 0 saturated heterocycles. The lowest BCUT2D eigenvalue weighted by Gasteiger charge is -2.31. The molecular weight excluding hydrogens is 406 g/mol. The summed E-state index contributed by atoms with van der Waals surface area (Å²) in [4.78, 5) is 30.6. The van der Waals surface area contributed by atoms with Gasteiger partial charge in [-0.05, 0) is 57.7 Å². The van der Waals surface area contributed by atoms with E-state index in [1.807, 2.05) is 59.1 Å². The molecule has 2 amide bonds. The Morgan fingerprint density at radius 1 is 1.09 bits per heavy atom. The van der Waals surface area contributed by atoms with Gasteiger partial charge >= 0.3 is 6.09 Å². The van der Waals surface area contributed by atoms with E-state index in [4.69, 9.17) is 4.74 Å². The normalized spacial score (nSPS) is 15.8. The summed E-state index contributed by atoms with van der Waals surface area (Å²) in [6.45, 7) is 6.79. The molecule has 0 heterocycles. The van der Waals surface area contributed by atoms with Crippen LogP contribution in [0.4, 0.5) is 10.5 Å². The van der Waals surface area contributed by atoms with E-state index in [1.54, 1.807) is 11.9 Å². The van der Waals surface area contributed by atoms with E-state index in [-0.39, 0.29) is 11.3 Å². The number of carbonyl (C=O) groups is 2. The Hall–Kier alpha value is -2.77. The third-order valence-corrected chi connectivity index (χ3v) is 5.54. The molecule has 0 bridgehead atoms. The van der Waals surface area contributed by atoms with Gasteiger partial charge in [-0.25, -0.2) is 4.79 Å². The number of nitrogens with one attached hydrogen (secondary N) is 3. The molecule has 0 radical (unpaired) electrons. The van der Waals surface area contributed by atoms with Crippen LogP contribution in [-0.2, 0) is 16.0 Å². The highest BCUT2D eigenvalue weighted by Gasteiger charge is 2.42. The van der Waals surface area contributed by atoms with E-state index in [0.29, 0.717) is 24.7 Å². The number of hydrogen-bond donors (Lipinski definition) is 3. The molecular formula is C24H39N5O3. The molecule has 1 fully saturated rings. The first kappa shape index (κ1) is 25.5. The number of carbonyl (C=O) groups excluding carboxylic acids is 2. The van der Waals surface area contributed by atoms with Crippen molar-refractivity contribution in [1.82, 2.24) is 15.5 Å². The quantitative estimate of drug-likeness (QED) is 0.442. The summed E-state index contributed by atoms with van der Waals surface area (Å²) in [5.74, 6) is 0.893. The first-order valence-electron chi connectivity index (χ1n) is 11.3. The third kappa shape index (κ3) is 7.73. The second-order valence-corrected chi connectivity index (χ2v) is 9.61. The minimum Gasteiger partial charge on any atom is -0.444 e. The number of nitrogens with zero attached hydrogens (tertiary/aromatic N) is 2. The molecule has 8 heteroatoms. The highest BCUT2D eigenvalue weighted by Crippen LogP contribution is 2.38. The molecule has 0 aliphatic heterocycles. The zero-order chi connectivity index (χ0) is 23.8. The Labute approximate surface area is 192 Å². The van der Waals surface area contributed by atoms with Crippen molar-refractivity contribution in [2.75, 3.05) is 39.5 Å². The Morgan fingerprint density at radius 2 is 1.72 bits per heavy atom. The van der Waals surface area contributed by atoms with Gasteiger partial charge in [-0.15, -0.1) is 0 Å². The van der Waals surface area contributed by atoms with Crippen molar-refractivity contribution in [2.45, 2.75) is 58.5 Å². The highest BCUT2D eigenvalue weighted by atomic mass is 16.6. The van der Waals surface area contributed by atoms with Crippen LogP contribution in [0.5, 0.6) is 0 Å². The van der Waals surface area contributed by atoms with E-state index in [1.165, 1.54) is 0 Å². The van der Waals surface area contributed by atoms with Crippen LogP contribution in [0.3, 0.4) is 0 Å². The van der Waals surface area contributed by atoms with Gasteiger partial charge < -0.3 is 20.3 Å².